The molecule has 0 spiro atoms. The first-order chi connectivity index (χ1) is 10.1. The zero-order valence-electron chi connectivity index (χ0n) is 12.1. The van der Waals surface area contributed by atoms with Gasteiger partial charge in [0.1, 0.15) is 5.75 Å². The Morgan fingerprint density at radius 2 is 1.86 bits per heavy atom. The molecule has 2 heterocycles. The van der Waals surface area contributed by atoms with Gasteiger partial charge < -0.3 is 9.64 Å². The van der Waals surface area contributed by atoms with Crippen LogP contribution in [0.15, 0.2) is 18.2 Å². The number of hydrogen-bond acceptors (Lipinski definition) is 5. The summed E-state index contributed by atoms with van der Waals surface area (Å²) in [6, 6.07) is 6.25. The lowest BCUT2D eigenvalue weighted by Crippen LogP contribution is -2.21. The highest BCUT2D eigenvalue weighted by molar-refractivity contribution is 6.28. The van der Waals surface area contributed by atoms with Gasteiger partial charge in [-0.05, 0) is 55.5 Å². The van der Waals surface area contributed by atoms with Crippen LogP contribution >= 0.6 is 11.6 Å². The molecule has 0 radical (unpaired) electrons. The maximum Gasteiger partial charge on any atom is 0.328 e. The monoisotopic (exact) mass is 304 g/mol. The van der Waals surface area contributed by atoms with E-state index in [1.807, 2.05) is 32.0 Å². The number of benzene rings is 1. The minimum atomic E-state index is 0.159. The molecule has 1 fully saturated rings. The van der Waals surface area contributed by atoms with Crippen molar-refractivity contribution in [3.05, 3.63) is 34.6 Å². The zero-order valence-corrected chi connectivity index (χ0v) is 12.9. The quantitative estimate of drug-likeness (QED) is 0.868. The van der Waals surface area contributed by atoms with Crippen LogP contribution < -0.4 is 9.64 Å². The minimum absolute atomic E-state index is 0.159. The Morgan fingerprint density at radius 3 is 2.62 bits per heavy atom. The van der Waals surface area contributed by atoms with Crippen molar-refractivity contribution >= 4 is 17.5 Å². The topological polar surface area (TPSA) is 51.1 Å². The van der Waals surface area contributed by atoms with Crippen molar-refractivity contribution in [3.8, 4) is 11.8 Å². The maximum atomic E-state index is 6.00. The average molecular weight is 305 g/mol. The molecule has 6 heteroatoms. The second kappa shape index (κ2) is 5.85. The number of halogens is 1. The molecular weight excluding hydrogens is 288 g/mol. The molecule has 110 valence electrons. The van der Waals surface area contributed by atoms with Crippen LogP contribution in [0.25, 0.3) is 0 Å². The van der Waals surface area contributed by atoms with Gasteiger partial charge >= 0.3 is 6.01 Å². The van der Waals surface area contributed by atoms with E-state index in [1.54, 1.807) is 0 Å². The van der Waals surface area contributed by atoms with Gasteiger partial charge in [-0.3, -0.25) is 0 Å². The predicted molar refractivity (Wildman–Crippen MR) is 82.3 cm³/mol. The van der Waals surface area contributed by atoms with Gasteiger partial charge in [0.25, 0.3) is 0 Å². The fourth-order valence-corrected chi connectivity index (χ4v) is 2.49. The third kappa shape index (κ3) is 3.24. The van der Waals surface area contributed by atoms with E-state index in [2.05, 4.69) is 19.9 Å². The summed E-state index contributed by atoms with van der Waals surface area (Å²) < 4.78 is 5.80. The van der Waals surface area contributed by atoms with Crippen LogP contribution in [0.2, 0.25) is 5.28 Å². The Morgan fingerprint density at radius 1 is 1.10 bits per heavy atom. The zero-order chi connectivity index (χ0) is 14.8. The van der Waals surface area contributed by atoms with Crippen LogP contribution in [0.1, 0.15) is 24.0 Å². The molecule has 1 aromatic carbocycles. The number of aromatic nitrogens is 3. The summed E-state index contributed by atoms with van der Waals surface area (Å²) in [6.07, 6.45) is 2.30. The Hall–Kier alpha value is -1.88. The van der Waals surface area contributed by atoms with Crippen molar-refractivity contribution in [1.29, 1.82) is 0 Å². The number of rotatable bonds is 3. The summed E-state index contributed by atoms with van der Waals surface area (Å²) in [5.74, 6) is 1.33. The lowest BCUT2D eigenvalue weighted by Gasteiger charge is -2.15. The van der Waals surface area contributed by atoms with Gasteiger partial charge in [0, 0.05) is 13.1 Å². The van der Waals surface area contributed by atoms with Gasteiger partial charge in [0.15, 0.2) is 0 Å². The number of ether oxygens (including phenoxy) is 1. The van der Waals surface area contributed by atoms with Crippen LogP contribution in [-0.2, 0) is 0 Å². The SMILES string of the molecule is Cc1ccc(C)c(Oc2nc(Cl)nc(N3CCCC3)n2)c1. The van der Waals surface area contributed by atoms with Gasteiger partial charge in [0.05, 0.1) is 0 Å². The molecule has 1 aliphatic heterocycles. The van der Waals surface area contributed by atoms with Gasteiger partial charge in [0.2, 0.25) is 11.2 Å². The fourth-order valence-electron chi connectivity index (χ4n) is 2.34. The van der Waals surface area contributed by atoms with E-state index in [9.17, 15) is 0 Å². The van der Waals surface area contributed by atoms with Gasteiger partial charge in [-0.2, -0.15) is 15.0 Å². The fraction of sp³-hybridized carbons (Fsp3) is 0.400. The molecule has 0 saturated carbocycles. The highest BCUT2D eigenvalue weighted by Crippen LogP contribution is 2.26. The second-order valence-corrected chi connectivity index (χ2v) is 5.59. The van der Waals surface area contributed by atoms with Crippen LogP contribution in [0.3, 0.4) is 0 Å². The van der Waals surface area contributed by atoms with Crippen LogP contribution in [0.4, 0.5) is 5.95 Å². The third-order valence-electron chi connectivity index (χ3n) is 3.51. The van der Waals surface area contributed by atoms with Crippen molar-refractivity contribution in [3.63, 3.8) is 0 Å². The third-order valence-corrected chi connectivity index (χ3v) is 3.68. The van der Waals surface area contributed by atoms with E-state index in [0.717, 1.165) is 42.8 Å². The minimum Gasteiger partial charge on any atom is -0.424 e. The molecule has 0 unspecified atom stereocenters. The summed E-state index contributed by atoms with van der Waals surface area (Å²) in [4.78, 5) is 14.7. The maximum absolute atomic E-state index is 6.00. The van der Waals surface area contributed by atoms with Crippen molar-refractivity contribution in [1.82, 2.24) is 15.0 Å². The number of anilines is 1. The Balaban J connectivity index is 1.89. The van der Waals surface area contributed by atoms with E-state index < -0.39 is 0 Å². The van der Waals surface area contributed by atoms with E-state index >= 15 is 0 Å². The molecule has 3 rings (SSSR count). The molecule has 0 amide bonds. The Kier molecular flexibility index (Phi) is 3.92. The molecule has 1 saturated heterocycles. The molecule has 1 aliphatic rings. The molecule has 0 N–H and O–H groups in total. The van der Waals surface area contributed by atoms with E-state index in [0.29, 0.717) is 5.95 Å². The summed E-state index contributed by atoms with van der Waals surface area (Å²) in [5.41, 5.74) is 2.15. The lowest BCUT2D eigenvalue weighted by atomic mass is 10.1. The van der Waals surface area contributed by atoms with Gasteiger partial charge in [-0.1, -0.05) is 12.1 Å². The first kappa shape index (κ1) is 14.1. The molecule has 21 heavy (non-hydrogen) atoms. The molecule has 1 aromatic heterocycles. The Bertz CT molecular complexity index is 656. The number of hydrogen-bond donors (Lipinski definition) is 0. The smallest absolute Gasteiger partial charge is 0.328 e. The largest absolute Gasteiger partial charge is 0.424 e. The molecule has 2 aromatic rings. The summed E-state index contributed by atoms with van der Waals surface area (Å²) >= 11 is 6.00. The summed E-state index contributed by atoms with van der Waals surface area (Å²) in [5, 5.41) is 0.159. The second-order valence-electron chi connectivity index (χ2n) is 5.25. The highest BCUT2D eigenvalue weighted by Gasteiger charge is 2.18. The number of aryl methyl sites for hydroxylation is 2. The first-order valence-corrected chi connectivity index (χ1v) is 7.41. The predicted octanol–water partition coefficient (Wildman–Crippen LogP) is 3.53. The van der Waals surface area contributed by atoms with Crippen LogP contribution in [0.5, 0.6) is 11.8 Å². The molecular formula is C15H17ClN4O. The molecule has 0 atom stereocenters. The summed E-state index contributed by atoms with van der Waals surface area (Å²) in [7, 11) is 0. The summed E-state index contributed by atoms with van der Waals surface area (Å²) in [6.45, 7) is 5.90. The van der Waals surface area contributed by atoms with E-state index in [1.165, 1.54) is 0 Å². The standard InChI is InChI=1S/C15H17ClN4O/c1-10-5-6-11(2)12(9-10)21-15-18-13(16)17-14(19-15)20-7-3-4-8-20/h5-6,9H,3-4,7-8H2,1-2H3. The van der Waals surface area contributed by atoms with Crippen molar-refractivity contribution in [2.75, 3.05) is 18.0 Å². The van der Waals surface area contributed by atoms with Crippen LogP contribution in [0, 0.1) is 13.8 Å². The van der Waals surface area contributed by atoms with E-state index in [-0.39, 0.29) is 11.3 Å². The van der Waals surface area contributed by atoms with E-state index in [4.69, 9.17) is 16.3 Å². The highest BCUT2D eigenvalue weighted by atomic mass is 35.5. The molecule has 5 nitrogen and oxygen atoms in total. The normalized spacial score (nSPS) is 14.5. The Labute approximate surface area is 129 Å². The lowest BCUT2D eigenvalue weighted by molar-refractivity contribution is 0.436. The van der Waals surface area contributed by atoms with Crippen LogP contribution in [-0.4, -0.2) is 28.0 Å². The van der Waals surface area contributed by atoms with Crippen molar-refractivity contribution in [2.45, 2.75) is 26.7 Å². The van der Waals surface area contributed by atoms with Gasteiger partial charge in [-0.25, -0.2) is 0 Å². The molecule has 0 aliphatic carbocycles. The number of nitrogens with zero attached hydrogens (tertiary/aromatic N) is 4. The van der Waals surface area contributed by atoms with Crippen molar-refractivity contribution < 1.29 is 4.74 Å². The molecule has 0 bridgehead atoms. The average Bonchev–Trinajstić information content (AvgIpc) is 2.96. The first-order valence-electron chi connectivity index (χ1n) is 7.03. The van der Waals surface area contributed by atoms with Crippen molar-refractivity contribution in [2.24, 2.45) is 0 Å². The van der Waals surface area contributed by atoms with Gasteiger partial charge in [-0.15, -0.1) is 0 Å².